The molecule has 1 N–H and O–H groups in total. The molecule has 0 saturated heterocycles. The number of pyridine rings is 1. The number of benzene rings is 1. The minimum Gasteiger partial charge on any atom is -0.450 e. The van der Waals surface area contributed by atoms with E-state index < -0.39 is 0 Å². The highest BCUT2D eigenvalue weighted by molar-refractivity contribution is 5.67. The lowest BCUT2D eigenvalue weighted by molar-refractivity contribution is 0.126. The van der Waals surface area contributed by atoms with Gasteiger partial charge in [0.25, 0.3) is 0 Å². The minimum absolute atomic E-state index is 0.117. The number of hydrogen-bond acceptors (Lipinski definition) is 5. The molecule has 1 fully saturated rings. The summed E-state index contributed by atoms with van der Waals surface area (Å²) in [4.78, 5) is 21.0. The van der Waals surface area contributed by atoms with Gasteiger partial charge >= 0.3 is 6.09 Å². The van der Waals surface area contributed by atoms with E-state index in [0.717, 1.165) is 54.0 Å². The van der Waals surface area contributed by atoms with E-state index >= 15 is 0 Å². The fourth-order valence-electron chi connectivity index (χ4n) is 5.39. The first-order chi connectivity index (χ1) is 16.6. The lowest BCUT2D eigenvalue weighted by atomic mass is 9.65. The number of nitrogens with zero attached hydrogens (tertiary/aromatic N) is 2. The van der Waals surface area contributed by atoms with Gasteiger partial charge in [0.1, 0.15) is 11.6 Å². The van der Waals surface area contributed by atoms with Gasteiger partial charge in [-0.2, -0.15) is 0 Å². The third-order valence-corrected chi connectivity index (χ3v) is 6.95. The Balaban J connectivity index is 1.32. The lowest BCUT2D eigenvalue weighted by Gasteiger charge is -2.41. The molecule has 1 saturated carbocycles. The summed E-state index contributed by atoms with van der Waals surface area (Å²) in [6.45, 7) is 2.18. The van der Waals surface area contributed by atoms with Crippen LogP contribution in [0.2, 0.25) is 0 Å². The first-order valence-corrected chi connectivity index (χ1v) is 11.9. The molecule has 0 unspecified atom stereocenters. The molecule has 2 aliphatic carbocycles. The van der Waals surface area contributed by atoms with Crippen molar-refractivity contribution in [3.8, 4) is 11.1 Å². The zero-order valence-electron chi connectivity index (χ0n) is 19.1. The third kappa shape index (κ3) is 4.74. The standard InChI is InChI=1S/C27H28FN3O3/c1-2-33-27(32)31-22-9-10-23-19(13-22)14-25-26(30-16-34-25)24(23)11-8-21-7-6-18(15-29-21)17-4-3-5-20(28)12-17/h3-8,11-12,15-16,19,22-24H,2,9-10,13-14H2,1H3,(H,31,32)/t19-,22+,23+,24-/m0/s1. The number of aromatic nitrogens is 2. The van der Waals surface area contributed by atoms with Crippen molar-refractivity contribution >= 4 is 12.2 Å². The van der Waals surface area contributed by atoms with Crippen LogP contribution >= 0.6 is 0 Å². The Hall–Kier alpha value is -3.48. The van der Waals surface area contributed by atoms with Gasteiger partial charge in [-0.05, 0) is 67.9 Å². The van der Waals surface area contributed by atoms with Crippen molar-refractivity contribution in [2.45, 2.75) is 44.6 Å². The zero-order valence-corrected chi connectivity index (χ0v) is 19.1. The average Bonchev–Trinajstić information content (AvgIpc) is 3.30. The van der Waals surface area contributed by atoms with Crippen LogP contribution in [0.4, 0.5) is 9.18 Å². The van der Waals surface area contributed by atoms with Crippen LogP contribution in [0.1, 0.15) is 49.3 Å². The summed E-state index contributed by atoms with van der Waals surface area (Å²) in [5, 5.41) is 3.01. The van der Waals surface area contributed by atoms with E-state index in [1.807, 2.05) is 31.2 Å². The second kappa shape index (κ2) is 9.79. The largest absolute Gasteiger partial charge is 0.450 e. The Morgan fingerprint density at radius 1 is 1.24 bits per heavy atom. The number of alkyl carbamates (subject to hydrolysis) is 1. The number of ether oxygens (including phenoxy) is 1. The maximum atomic E-state index is 13.5. The van der Waals surface area contributed by atoms with Crippen LogP contribution < -0.4 is 5.32 Å². The molecule has 1 amide bonds. The van der Waals surface area contributed by atoms with E-state index in [-0.39, 0.29) is 23.9 Å². The Morgan fingerprint density at radius 3 is 2.94 bits per heavy atom. The van der Waals surface area contributed by atoms with Gasteiger partial charge in [0.05, 0.1) is 18.0 Å². The van der Waals surface area contributed by atoms with Crippen LogP contribution in [0, 0.1) is 17.7 Å². The van der Waals surface area contributed by atoms with Crippen LogP contribution in [0.25, 0.3) is 17.2 Å². The first kappa shape index (κ1) is 22.3. The van der Waals surface area contributed by atoms with Crippen molar-refractivity contribution in [2.75, 3.05) is 6.61 Å². The van der Waals surface area contributed by atoms with Crippen molar-refractivity contribution in [1.82, 2.24) is 15.3 Å². The summed E-state index contributed by atoms with van der Waals surface area (Å²) in [5.41, 5.74) is 3.52. The Labute approximate surface area is 198 Å². The topological polar surface area (TPSA) is 77.2 Å². The predicted octanol–water partition coefficient (Wildman–Crippen LogP) is 5.76. The third-order valence-electron chi connectivity index (χ3n) is 6.95. The maximum absolute atomic E-state index is 13.5. The Kier molecular flexibility index (Phi) is 6.43. The zero-order chi connectivity index (χ0) is 23.5. The molecule has 0 radical (unpaired) electrons. The molecule has 2 aliphatic rings. The van der Waals surface area contributed by atoms with Gasteiger partial charge < -0.3 is 14.5 Å². The molecule has 0 aliphatic heterocycles. The highest BCUT2D eigenvalue weighted by Gasteiger charge is 2.42. The van der Waals surface area contributed by atoms with Crippen LogP contribution in [0.3, 0.4) is 0 Å². The van der Waals surface area contributed by atoms with E-state index in [0.29, 0.717) is 18.4 Å². The SMILES string of the molecule is CCOC(=O)N[C@@H]1CC[C@@H]2[C@H](Cc3ocnc3[C@H]2C=Cc2ccc(-c3cccc(F)c3)cn2)C1. The van der Waals surface area contributed by atoms with Gasteiger partial charge in [0.2, 0.25) is 0 Å². The summed E-state index contributed by atoms with van der Waals surface area (Å²) >= 11 is 0. The molecule has 34 heavy (non-hydrogen) atoms. The number of carbonyl (C=O) groups excluding carboxylic acids is 1. The van der Waals surface area contributed by atoms with Crippen LogP contribution in [0.5, 0.6) is 0 Å². The Morgan fingerprint density at radius 2 is 2.15 bits per heavy atom. The minimum atomic E-state index is -0.341. The molecule has 176 valence electrons. The fraction of sp³-hybridized carbons (Fsp3) is 0.370. The summed E-state index contributed by atoms with van der Waals surface area (Å²) in [6.07, 6.45) is 10.8. The van der Waals surface area contributed by atoms with Crippen molar-refractivity contribution in [3.05, 3.63) is 78.0 Å². The number of halogens is 1. The number of nitrogens with one attached hydrogen (secondary N) is 1. The summed E-state index contributed by atoms with van der Waals surface area (Å²) < 4.78 is 24.3. The van der Waals surface area contributed by atoms with Crippen LogP contribution in [0.15, 0.2) is 59.5 Å². The fourth-order valence-corrected chi connectivity index (χ4v) is 5.39. The molecule has 0 spiro atoms. The molecule has 1 aromatic carbocycles. The van der Waals surface area contributed by atoms with Crippen molar-refractivity contribution < 1.29 is 18.3 Å². The Bertz CT molecular complexity index is 1170. The average molecular weight is 462 g/mol. The molecule has 2 heterocycles. The van der Waals surface area contributed by atoms with Gasteiger partial charge in [-0.1, -0.05) is 24.3 Å². The molecule has 7 heteroatoms. The van der Waals surface area contributed by atoms with Gasteiger partial charge in [0, 0.05) is 30.1 Å². The molecule has 4 atom stereocenters. The molecule has 6 nitrogen and oxygen atoms in total. The smallest absolute Gasteiger partial charge is 0.407 e. The van der Waals surface area contributed by atoms with E-state index in [1.54, 1.807) is 12.3 Å². The van der Waals surface area contributed by atoms with Gasteiger partial charge in [-0.25, -0.2) is 14.2 Å². The molecule has 2 aromatic heterocycles. The van der Waals surface area contributed by atoms with Crippen molar-refractivity contribution in [2.24, 2.45) is 11.8 Å². The second-order valence-electron chi connectivity index (χ2n) is 9.03. The van der Waals surface area contributed by atoms with Crippen molar-refractivity contribution in [3.63, 3.8) is 0 Å². The van der Waals surface area contributed by atoms with Crippen molar-refractivity contribution in [1.29, 1.82) is 0 Å². The number of carbonyl (C=O) groups is 1. The maximum Gasteiger partial charge on any atom is 0.407 e. The normalized spacial score (nSPS) is 23.8. The quantitative estimate of drug-likeness (QED) is 0.523. The van der Waals surface area contributed by atoms with Gasteiger partial charge in [0.15, 0.2) is 6.39 Å². The summed E-state index contributed by atoms with van der Waals surface area (Å²) in [5.74, 6) is 1.64. The number of allylic oxidation sites excluding steroid dienone is 1. The van der Waals surface area contributed by atoms with Gasteiger partial charge in [-0.3, -0.25) is 4.98 Å². The molecule has 3 aromatic rings. The number of fused-ring (bicyclic) bond motifs is 2. The number of amides is 1. The highest BCUT2D eigenvalue weighted by atomic mass is 19.1. The predicted molar refractivity (Wildman–Crippen MR) is 126 cm³/mol. The van der Waals surface area contributed by atoms with Crippen LogP contribution in [-0.4, -0.2) is 28.7 Å². The lowest BCUT2D eigenvalue weighted by Crippen LogP contribution is -2.44. The molecular formula is C27H28FN3O3. The highest BCUT2D eigenvalue weighted by Crippen LogP contribution is 2.47. The summed E-state index contributed by atoms with van der Waals surface area (Å²) in [7, 11) is 0. The second-order valence-corrected chi connectivity index (χ2v) is 9.03. The van der Waals surface area contributed by atoms with E-state index in [2.05, 4.69) is 21.4 Å². The molecular weight excluding hydrogens is 433 g/mol. The van der Waals surface area contributed by atoms with E-state index in [1.165, 1.54) is 18.5 Å². The van der Waals surface area contributed by atoms with E-state index in [9.17, 15) is 9.18 Å². The molecule has 0 bridgehead atoms. The summed E-state index contributed by atoms with van der Waals surface area (Å²) in [6, 6.07) is 10.5. The van der Waals surface area contributed by atoms with E-state index in [4.69, 9.17) is 9.15 Å². The number of hydrogen-bond donors (Lipinski definition) is 1. The van der Waals surface area contributed by atoms with Gasteiger partial charge in [-0.15, -0.1) is 0 Å². The number of rotatable bonds is 5. The first-order valence-electron chi connectivity index (χ1n) is 11.9. The number of oxazole rings is 1. The van der Waals surface area contributed by atoms with Crippen LogP contribution in [-0.2, 0) is 11.2 Å². The monoisotopic (exact) mass is 461 g/mol. The molecule has 5 rings (SSSR count).